The highest BCUT2D eigenvalue weighted by atomic mass is 16.6. The Balaban J connectivity index is 2.05. The fourth-order valence-electron chi connectivity index (χ4n) is 2.21. The molecule has 0 aromatic carbocycles. The molecule has 0 saturated heterocycles. The van der Waals surface area contributed by atoms with E-state index in [9.17, 15) is 14.9 Å². The van der Waals surface area contributed by atoms with Crippen molar-refractivity contribution in [3.63, 3.8) is 0 Å². The molecule has 2 heterocycles. The summed E-state index contributed by atoms with van der Waals surface area (Å²) in [5.74, 6) is -0.233. The van der Waals surface area contributed by atoms with Crippen LogP contribution in [-0.4, -0.2) is 30.4 Å². The lowest BCUT2D eigenvalue weighted by atomic mass is 10.2. The van der Waals surface area contributed by atoms with Crippen LogP contribution in [0.15, 0.2) is 18.6 Å². The second-order valence-corrected chi connectivity index (χ2v) is 4.99. The minimum absolute atomic E-state index is 0.130. The normalized spacial score (nSPS) is 12.1. The van der Waals surface area contributed by atoms with Crippen molar-refractivity contribution in [3.8, 4) is 0 Å². The van der Waals surface area contributed by atoms with Crippen molar-refractivity contribution in [2.75, 3.05) is 0 Å². The number of nitro groups is 1. The van der Waals surface area contributed by atoms with Crippen LogP contribution in [0.4, 0.5) is 5.69 Å². The fraction of sp³-hybridized carbons (Fsp3) is 0.462. The number of amides is 1. The molecule has 1 N–H and O–H groups in total. The minimum atomic E-state index is -0.578. The number of hydrogen-bond donors (Lipinski definition) is 1. The van der Waals surface area contributed by atoms with Crippen LogP contribution in [-0.2, 0) is 18.4 Å². The molecule has 0 radical (unpaired) electrons. The minimum Gasteiger partial charge on any atom is -0.350 e. The maximum absolute atomic E-state index is 12.3. The number of aromatic nitrogens is 4. The number of nitrogens with zero attached hydrogens (tertiary/aromatic N) is 5. The Kier molecular flexibility index (Phi) is 4.54. The number of carbonyl (C=O) groups excluding carboxylic acids is 1. The SMILES string of the molecule is CCC(C(=O)NCc1cn(C)nc1C)n1cc([N+](=O)[O-])cn1. The molecule has 2 aromatic rings. The van der Waals surface area contributed by atoms with Gasteiger partial charge in [0.15, 0.2) is 0 Å². The Bertz CT molecular complexity index is 690. The molecule has 0 aliphatic carbocycles. The zero-order chi connectivity index (χ0) is 16.3. The molecule has 118 valence electrons. The lowest BCUT2D eigenvalue weighted by Crippen LogP contribution is -2.32. The summed E-state index contributed by atoms with van der Waals surface area (Å²) in [6.45, 7) is 4.06. The maximum atomic E-state index is 12.3. The number of aryl methyl sites for hydroxylation is 2. The van der Waals surface area contributed by atoms with Crippen LogP contribution in [0.3, 0.4) is 0 Å². The van der Waals surface area contributed by atoms with E-state index in [-0.39, 0.29) is 11.6 Å². The van der Waals surface area contributed by atoms with Crippen molar-refractivity contribution in [3.05, 3.63) is 40.0 Å². The molecular formula is C13H18N6O3. The molecule has 1 amide bonds. The second kappa shape index (κ2) is 6.37. The molecule has 0 aliphatic rings. The Morgan fingerprint density at radius 2 is 2.23 bits per heavy atom. The quantitative estimate of drug-likeness (QED) is 0.635. The third kappa shape index (κ3) is 3.30. The van der Waals surface area contributed by atoms with E-state index in [0.717, 1.165) is 17.5 Å². The van der Waals surface area contributed by atoms with E-state index in [1.54, 1.807) is 4.68 Å². The lowest BCUT2D eigenvalue weighted by molar-refractivity contribution is -0.385. The summed E-state index contributed by atoms with van der Waals surface area (Å²) in [5.41, 5.74) is 1.65. The van der Waals surface area contributed by atoms with Gasteiger partial charge in [0.05, 0.1) is 10.6 Å². The summed E-state index contributed by atoms with van der Waals surface area (Å²) in [6.07, 6.45) is 4.73. The van der Waals surface area contributed by atoms with Crippen LogP contribution in [0, 0.1) is 17.0 Å². The zero-order valence-electron chi connectivity index (χ0n) is 12.7. The highest BCUT2D eigenvalue weighted by Crippen LogP contribution is 2.16. The van der Waals surface area contributed by atoms with Gasteiger partial charge in [-0.1, -0.05) is 6.92 Å². The number of hydrogen-bond acceptors (Lipinski definition) is 5. The van der Waals surface area contributed by atoms with Gasteiger partial charge >= 0.3 is 5.69 Å². The molecule has 1 unspecified atom stereocenters. The molecule has 9 nitrogen and oxygen atoms in total. The van der Waals surface area contributed by atoms with Crippen molar-refractivity contribution in [2.45, 2.75) is 32.9 Å². The lowest BCUT2D eigenvalue weighted by Gasteiger charge is -2.14. The van der Waals surface area contributed by atoms with Crippen molar-refractivity contribution >= 4 is 11.6 Å². The van der Waals surface area contributed by atoms with Crippen LogP contribution in [0.5, 0.6) is 0 Å². The van der Waals surface area contributed by atoms with E-state index in [1.165, 1.54) is 10.9 Å². The Morgan fingerprint density at radius 3 is 2.73 bits per heavy atom. The van der Waals surface area contributed by atoms with E-state index in [1.807, 2.05) is 27.1 Å². The predicted molar refractivity (Wildman–Crippen MR) is 78.0 cm³/mol. The molecule has 1 atom stereocenters. The summed E-state index contributed by atoms with van der Waals surface area (Å²) in [6, 6.07) is -0.578. The van der Waals surface area contributed by atoms with E-state index in [2.05, 4.69) is 15.5 Å². The molecule has 2 rings (SSSR count). The standard InChI is InChI=1S/C13H18N6O3/c1-4-12(18-8-11(6-15-18)19(21)22)13(20)14-5-10-7-17(3)16-9(10)2/h6-8,12H,4-5H2,1-3H3,(H,14,20). The number of rotatable bonds is 6. The van der Waals surface area contributed by atoms with Gasteiger partial charge in [0.25, 0.3) is 0 Å². The topological polar surface area (TPSA) is 108 Å². The molecule has 0 bridgehead atoms. The Morgan fingerprint density at radius 1 is 1.50 bits per heavy atom. The highest BCUT2D eigenvalue weighted by molar-refractivity contribution is 5.80. The summed E-state index contributed by atoms with van der Waals surface area (Å²) in [5, 5.41) is 21.6. The fourth-order valence-corrected chi connectivity index (χ4v) is 2.21. The van der Waals surface area contributed by atoms with Crippen LogP contribution in [0.1, 0.15) is 30.6 Å². The maximum Gasteiger partial charge on any atom is 0.307 e. The number of carbonyl (C=O) groups is 1. The van der Waals surface area contributed by atoms with Gasteiger partial charge in [0.1, 0.15) is 18.4 Å². The van der Waals surface area contributed by atoms with Gasteiger partial charge in [-0.25, -0.2) is 0 Å². The Labute approximate surface area is 127 Å². The first-order chi connectivity index (χ1) is 10.4. The molecule has 2 aromatic heterocycles. The average Bonchev–Trinajstić information content (AvgIpc) is 3.04. The second-order valence-electron chi connectivity index (χ2n) is 4.99. The van der Waals surface area contributed by atoms with Crippen LogP contribution >= 0.6 is 0 Å². The first-order valence-corrected chi connectivity index (χ1v) is 6.87. The highest BCUT2D eigenvalue weighted by Gasteiger charge is 2.22. The van der Waals surface area contributed by atoms with Gasteiger partial charge in [-0.15, -0.1) is 0 Å². The van der Waals surface area contributed by atoms with Crippen LogP contribution in [0.2, 0.25) is 0 Å². The van der Waals surface area contributed by atoms with Gasteiger partial charge < -0.3 is 5.32 Å². The Hall–Kier alpha value is -2.71. The molecule has 0 saturated carbocycles. The smallest absolute Gasteiger partial charge is 0.307 e. The molecule has 9 heteroatoms. The van der Waals surface area contributed by atoms with Crippen molar-refractivity contribution in [1.29, 1.82) is 0 Å². The first kappa shape index (κ1) is 15.7. The summed E-state index contributed by atoms with van der Waals surface area (Å²) >= 11 is 0. The first-order valence-electron chi connectivity index (χ1n) is 6.87. The van der Waals surface area contributed by atoms with Crippen LogP contribution < -0.4 is 5.32 Å². The number of nitrogens with one attached hydrogen (secondary N) is 1. The summed E-state index contributed by atoms with van der Waals surface area (Å²) < 4.78 is 3.01. The molecule has 0 aliphatic heterocycles. The van der Waals surface area contributed by atoms with Crippen molar-refractivity contribution in [2.24, 2.45) is 7.05 Å². The summed E-state index contributed by atoms with van der Waals surface area (Å²) in [7, 11) is 1.82. The zero-order valence-corrected chi connectivity index (χ0v) is 12.7. The van der Waals surface area contributed by atoms with E-state index >= 15 is 0 Å². The largest absolute Gasteiger partial charge is 0.350 e. The van der Waals surface area contributed by atoms with E-state index in [4.69, 9.17) is 0 Å². The van der Waals surface area contributed by atoms with Gasteiger partial charge in [-0.3, -0.25) is 24.3 Å². The van der Waals surface area contributed by atoms with Crippen molar-refractivity contribution in [1.82, 2.24) is 24.9 Å². The van der Waals surface area contributed by atoms with Gasteiger partial charge in [-0.05, 0) is 13.3 Å². The molecule has 0 fully saturated rings. The average molecular weight is 306 g/mol. The molecular weight excluding hydrogens is 288 g/mol. The third-order valence-electron chi connectivity index (χ3n) is 3.38. The molecule has 0 spiro atoms. The van der Waals surface area contributed by atoms with Gasteiger partial charge in [0, 0.05) is 25.4 Å². The van der Waals surface area contributed by atoms with Crippen LogP contribution in [0.25, 0.3) is 0 Å². The third-order valence-corrected chi connectivity index (χ3v) is 3.38. The van der Waals surface area contributed by atoms with Gasteiger partial charge in [-0.2, -0.15) is 10.2 Å². The van der Waals surface area contributed by atoms with Gasteiger partial charge in [0.2, 0.25) is 5.91 Å². The monoisotopic (exact) mass is 306 g/mol. The van der Waals surface area contributed by atoms with E-state index in [0.29, 0.717) is 13.0 Å². The summed E-state index contributed by atoms with van der Waals surface area (Å²) in [4.78, 5) is 22.4. The predicted octanol–water partition coefficient (Wildman–Crippen LogP) is 1.10. The van der Waals surface area contributed by atoms with Crippen molar-refractivity contribution < 1.29 is 9.72 Å². The molecule has 22 heavy (non-hydrogen) atoms. The van der Waals surface area contributed by atoms with E-state index < -0.39 is 11.0 Å².